The van der Waals surface area contributed by atoms with E-state index in [-0.39, 0.29) is 18.7 Å². The molecule has 0 aromatic heterocycles. The number of aliphatic hydroxyl groups is 1. The van der Waals surface area contributed by atoms with Crippen molar-refractivity contribution in [1.29, 1.82) is 0 Å². The van der Waals surface area contributed by atoms with Gasteiger partial charge in [0.1, 0.15) is 11.4 Å². The topological polar surface area (TPSA) is 141 Å². The van der Waals surface area contributed by atoms with E-state index in [9.17, 15) is 28.7 Å². The van der Waals surface area contributed by atoms with Gasteiger partial charge in [-0.1, -0.05) is 35.9 Å². The predicted molar refractivity (Wildman–Crippen MR) is 136 cm³/mol. The molecule has 13 heteroatoms. The van der Waals surface area contributed by atoms with E-state index >= 15 is 0 Å². The number of esters is 2. The average Bonchev–Trinajstić information content (AvgIpc) is 2.85. The van der Waals surface area contributed by atoms with Crippen LogP contribution in [0.15, 0.2) is 42.5 Å². The molecule has 2 aromatic rings. The number of nitrogens with one attached hydrogen (secondary N) is 1. The number of benzene rings is 2. The summed E-state index contributed by atoms with van der Waals surface area (Å²) in [7, 11) is 0. The van der Waals surface area contributed by atoms with Gasteiger partial charge in [-0.25, -0.2) is 23.8 Å². The van der Waals surface area contributed by atoms with Crippen molar-refractivity contribution < 1.29 is 47.6 Å². The van der Waals surface area contributed by atoms with Gasteiger partial charge in [0, 0.05) is 17.1 Å². The number of ether oxygens (including phenoxy) is 4. The first-order chi connectivity index (χ1) is 18.3. The smallest absolute Gasteiger partial charge is 0.453 e. The largest absolute Gasteiger partial charge is 0.511 e. The van der Waals surface area contributed by atoms with E-state index in [2.05, 4.69) is 19.6 Å². The number of carbonyl (C=O) groups excluding carboxylic acids is 4. The number of rotatable bonds is 10. The molecule has 0 aliphatic heterocycles. The maximum absolute atomic E-state index is 14.2. The van der Waals surface area contributed by atoms with Crippen LogP contribution in [0.2, 0.25) is 5.02 Å². The lowest BCUT2D eigenvalue weighted by atomic mass is 10.0. The number of carbonyl (C=O) groups is 4. The fourth-order valence-electron chi connectivity index (χ4n) is 3.07. The molecule has 0 unspecified atom stereocenters. The van der Waals surface area contributed by atoms with Gasteiger partial charge in [-0.05, 0) is 57.0 Å². The number of halogens is 2. The summed E-state index contributed by atoms with van der Waals surface area (Å²) in [4.78, 5) is 47.9. The summed E-state index contributed by atoms with van der Waals surface area (Å²) < 4.78 is 33.0. The van der Waals surface area contributed by atoms with Crippen LogP contribution < -0.4 is 5.43 Å². The minimum atomic E-state index is -1.81. The Morgan fingerprint density at radius 1 is 1.05 bits per heavy atom. The number of hydrogen-bond donors (Lipinski definition) is 2. The maximum atomic E-state index is 14.2. The van der Waals surface area contributed by atoms with Gasteiger partial charge in [0.15, 0.2) is 6.10 Å². The molecule has 0 radical (unpaired) electrons. The molecule has 0 fully saturated rings. The number of aliphatic hydroxyl groups excluding tert-OH is 1. The molecule has 0 aliphatic carbocycles. The summed E-state index contributed by atoms with van der Waals surface area (Å²) in [5, 5.41) is 11.8. The molecule has 0 aliphatic rings. The Balaban J connectivity index is 2.14. The molecule has 2 rings (SSSR count). The zero-order valence-electron chi connectivity index (χ0n) is 21.9. The minimum absolute atomic E-state index is 0.0523. The average molecular weight is 569 g/mol. The van der Waals surface area contributed by atoms with Crippen molar-refractivity contribution in [2.75, 3.05) is 19.9 Å². The highest BCUT2D eigenvalue weighted by molar-refractivity contribution is 6.32. The van der Waals surface area contributed by atoms with Gasteiger partial charge < -0.3 is 24.1 Å². The number of nitrogens with zero attached hydrogens (tertiary/aromatic N) is 1. The summed E-state index contributed by atoms with van der Waals surface area (Å²) >= 11 is 5.97. The molecule has 0 heterocycles. The van der Waals surface area contributed by atoms with E-state index in [1.807, 2.05) is 0 Å². The highest BCUT2D eigenvalue weighted by Crippen LogP contribution is 2.26. The Morgan fingerprint density at radius 3 is 2.33 bits per heavy atom. The lowest BCUT2D eigenvalue weighted by molar-refractivity contribution is -0.168. The van der Waals surface area contributed by atoms with Gasteiger partial charge in [0.25, 0.3) is 0 Å². The second kappa shape index (κ2) is 14.4. The normalized spacial score (nSPS) is 11.9. The SMILES string of the molecule is CCOC(=O)OCOC(=O)[C@H](O)CN(Cc1ccc(-c2cc(Cl)ccc2F)cc1)NC(=O)C(=O)OC(C)(C)C. The van der Waals surface area contributed by atoms with Crippen molar-refractivity contribution in [2.24, 2.45) is 0 Å². The minimum Gasteiger partial charge on any atom is -0.453 e. The molecule has 0 bridgehead atoms. The second-order valence-corrected chi connectivity index (χ2v) is 9.51. The van der Waals surface area contributed by atoms with E-state index < -0.39 is 54.9 Å². The predicted octanol–water partition coefficient (Wildman–Crippen LogP) is 3.36. The van der Waals surface area contributed by atoms with Crippen LogP contribution in [-0.2, 0) is 39.9 Å². The standard InChI is InChI=1S/C26H30ClFN2O9/c1-5-36-25(35)38-15-37-23(33)21(31)14-30(29-22(32)24(34)39-26(2,3)4)13-16-6-8-17(9-7-16)19-12-18(27)10-11-20(19)28/h6-12,21,31H,5,13-15H2,1-4H3,(H,29,32)/t21-/m1/s1. The third kappa shape index (κ3) is 10.9. The molecule has 0 saturated heterocycles. The fourth-order valence-corrected chi connectivity index (χ4v) is 3.24. The number of hydrazine groups is 1. The van der Waals surface area contributed by atoms with Crippen LogP contribution in [-0.4, -0.2) is 65.8 Å². The van der Waals surface area contributed by atoms with E-state index in [0.29, 0.717) is 16.1 Å². The van der Waals surface area contributed by atoms with Crippen LogP contribution >= 0.6 is 11.6 Å². The van der Waals surface area contributed by atoms with Crippen LogP contribution in [0.3, 0.4) is 0 Å². The van der Waals surface area contributed by atoms with Gasteiger partial charge in [-0.2, -0.15) is 0 Å². The monoisotopic (exact) mass is 568 g/mol. The highest BCUT2D eigenvalue weighted by atomic mass is 35.5. The van der Waals surface area contributed by atoms with E-state index in [1.54, 1.807) is 52.0 Å². The molecule has 39 heavy (non-hydrogen) atoms. The Labute approximate surface area is 229 Å². The third-order valence-electron chi connectivity index (χ3n) is 4.72. The van der Waals surface area contributed by atoms with Crippen molar-refractivity contribution in [3.63, 3.8) is 0 Å². The third-order valence-corrected chi connectivity index (χ3v) is 4.95. The van der Waals surface area contributed by atoms with Crippen LogP contribution in [0, 0.1) is 5.82 Å². The zero-order chi connectivity index (χ0) is 29.2. The van der Waals surface area contributed by atoms with Crippen LogP contribution in [0.1, 0.15) is 33.3 Å². The molecule has 0 spiro atoms. The molecular formula is C26H30ClFN2O9. The van der Waals surface area contributed by atoms with Crippen molar-refractivity contribution in [3.05, 3.63) is 58.9 Å². The molecule has 1 amide bonds. The fraction of sp³-hybridized carbons (Fsp3) is 0.385. The van der Waals surface area contributed by atoms with Gasteiger partial charge in [0.2, 0.25) is 6.79 Å². The van der Waals surface area contributed by atoms with Crippen LogP contribution in [0.5, 0.6) is 0 Å². The maximum Gasteiger partial charge on any atom is 0.511 e. The Bertz CT molecular complexity index is 1170. The molecule has 2 aromatic carbocycles. The molecular weight excluding hydrogens is 539 g/mol. The summed E-state index contributed by atoms with van der Waals surface area (Å²) in [6.45, 7) is 4.95. The van der Waals surface area contributed by atoms with E-state index in [0.717, 1.165) is 5.01 Å². The van der Waals surface area contributed by atoms with Crippen molar-refractivity contribution in [2.45, 2.75) is 45.9 Å². The molecule has 0 saturated carbocycles. The van der Waals surface area contributed by atoms with Gasteiger partial charge in [-0.15, -0.1) is 0 Å². The van der Waals surface area contributed by atoms with Crippen molar-refractivity contribution >= 4 is 35.6 Å². The Hall–Kier alpha value is -3.74. The summed E-state index contributed by atoms with van der Waals surface area (Å²) in [6.07, 6.45) is -2.87. The van der Waals surface area contributed by atoms with E-state index in [4.69, 9.17) is 16.3 Å². The Kier molecular flexibility index (Phi) is 11.6. The van der Waals surface area contributed by atoms with Crippen molar-refractivity contribution in [3.8, 4) is 11.1 Å². The second-order valence-electron chi connectivity index (χ2n) is 9.07. The molecule has 11 nitrogen and oxygen atoms in total. The van der Waals surface area contributed by atoms with Crippen molar-refractivity contribution in [1.82, 2.24) is 10.4 Å². The zero-order valence-corrected chi connectivity index (χ0v) is 22.6. The quantitative estimate of drug-likeness (QED) is 0.144. The first-order valence-corrected chi connectivity index (χ1v) is 12.1. The Morgan fingerprint density at radius 2 is 1.72 bits per heavy atom. The van der Waals surface area contributed by atoms with Gasteiger partial charge in [0.05, 0.1) is 13.2 Å². The summed E-state index contributed by atoms with van der Waals surface area (Å²) in [5.41, 5.74) is 2.75. The molecule has 1 atom stereocenters. The van der Waals surface area contributed by atoms with E-state index in [1.165, 1.54) is 18.2 Å². The number of hydrogen-bond acceptors (Lipinski definition) is 10. The van der Waals surface area contributed by atoms with Gasteiger partial charge in [-0.3, -0.25) is 10.2 Å². The lowest BCUT2D eigenvalue weighted by Gasteiger charge is -2.26. The molecule has 2 N–H and O–H groups in total. The lowest BCUT2D eigenvalue weighted by Crippen LogP contribution is -2.50. The molecule has 212 valence electrons. The first-order valence-electron chi connectivity index (χ1n) is 11.8. The van der Waals surface area contributed by atoms with Crippen LogP contribution in [0.4, 0.5) is 9.18 Å². The first kappa shape index (κ1) is 31.5. The summed E-state index contributed by atoms with van der Waals surface area (Å²) in [5.74, 6) is -3.96. The number of amides is 1. The summed E-state index contributed by atoms with van der Waals surface area (Å²) in [6, 6.07) is 10.6. The van der Waals surface area contributed by atoms with Gasteiger partial charge >= 0.3 is 24.0 Å². The van der Waals surface area contributed by atoms with Crippen LogP contribution in [0.25, 0.3) is 11.1 Å². The highest BCUT2D eigenvalue weighted by Gasteiger charge is 2.27.